The van der Waals surface area contributed by atoms with E-state index >= 15 is 0 Å². The molecule has 0 fully saturated rings. The van der Waals surface area contributed by atoms with Crippen LogP contribution in [0.3, 0.4) is 0 Å². The summed E-state index contributed by atoms with van der Waals surface area (Å²) in [5.41, 5.74) is -1.24. The first-order valence-electron chi connectivity index (χ1n) is 8.54. The van der Waals surface area contributed by atoms with Crippen molar-refractivity contribution in [1.29, 1.82) is 0 Å². The first-order chi connectivity index (χ1) is 10.8. The number of aliphatic hydroxyl groups excluding tert-OH is 2. The van der Waals surface area contributed by atoms with E-state index in [1.165, 1.54) is 0 Å². The Morgan fingerprint density at radius 2 is 1.39 bits per heavy atom. The van der Waals surface area contributed by atoms with Crippen LogP contribution in [-0.2, 0) is 9.59 Å². The van der Waals surface area contributed by atoms with Gasteiger partial charge in [0.2, 0.25) is 0 Å². The Morgan fingerprint density at radius 3 is 1.78 bits per heavy atom. The van der Waals surface area contributed by atoms with Gasteiger partial charge < -0.3 is 30.0 Å². The van der Waals surface area contributed by atoms with Crippen LogP contribution < -0.4 is 10.2 Å². The monoisotopic (exact) mass is 330 g/mol. The molecule has 6 heteroatoms. The lowest BCUT2D eigenvalue weighted by Crippen LogP contribution is -2.46. The van der Waals surface area contributed by atoms with Crippen LogP contribution in [0.1, 0.15) is 78.1 Å². The zero-order valence-electron chi connectivity index (χ0n) is 14.3. The molecule has 2 atom stereocenters. The van der Waals surface area contributed by atoms with Crippen molar-refractivity contribution in [3.8, 4) is 0 Å². The smallest absolute Gasteiger partial charge is 0.0546 e. The van der Waals surface area contributed by atoms with E-state index in [-0.39, 0.29) is 19.3 Å². The van der Waals surface area contributed by atoms with Gasteiger partial charge in [-0.05, 0) is 44.9 Å². The van der Waals surface area contributed by atoms with E-state index in [1.807, 2.05) is 0 Å². The zero-order chi connectivity index (χ0) is 17.9. The van der Waals surface area contributed by atoms with Crippen LogP contribution in [0.2, 0.25) is 0 Å². The number of aliphatic carboxylic acids is 2. The molecule has 0 aromatic heterocycles. The second-order valence-electron chi connectivity index (χ2n) is 6.39. The van der Waals surface area contributed by atoms with Gasteiger partial charge in [-0.25, -0.2) is 0 Å². The van der Waals surface area contributed by atoms with Gasteiger partial charge in [0.05, 0.1) is 12.2 Å². The van der Waals surface area contributed by atoms with Gasteiger partial charge in [0, 0.05) is 17.4 Å². The molecule has 0 saturated heterocycles. The molecular weight excluding hydrogens is 300 g/mol. The van der Waals surface area contributed by atoms with Crippen LogP contribution >= 0.6 is 0 Å². The fourth-order valence-corrected chi connectivity index (χ4v) is 2.83. The number of carboxylic acids is 2. The summed E-state index contributed by atoms with van der Waals surface area (Å²) in [7, 11) is 0. The van der Waals surface area contributed by atoms with Gasteiger partial charge in [-0.2, -0.15) is 0 Å². The summed E-state index contributed by atoms with van der Waals surface area (Å²) >= 11 is 0. The first kappa shape index (κ1) is 21.9. The number of hydrogen-bond acceptors (Lipinski definition) is 6. The maximum Gasteiger partial charge on any atom is 0.0546 e. The molecule has 0 aliphatic carbocycles. The molecule has 136 valence electrons. The summed E-state index contributed by atoms with van der Waals surface area (Å²) in [6.45, 7) is 3.56. The molecule has 0 aliphatic heterocycles. The fourth-order valence-electron chi connectivity index (χ4n) is 2.83. The Bertz CT molecular complexity index is 343. The van der Waals surface area contributed by atoms with Crippen molar-refractivity contribution >= 4 is 11.9 Å². The molecule has 0 spiro atoms. The third kappa shape index (κ3) is 8.91. The van der Waals surface area contributed by atoms with E-state index < -0.39 is 29.6 Å². The van der Waals surface area contributed by atoms with Crippen molar-refractivity contribution < 1.29 is 30.0 Å². The van der Waals surface area contributed by atoms with Crippen LogP contribution in [0.15, 0.2) is 0 Å². The minimum Gasteiger partial charge on any atom is -0.550 e. The first-order valence-corrected chi connectivity index (χ1v) is 8.54. The quantitative estimate of drug-likeness (QED) is 0.437. The van der Waals surface area contributed by atoms with Gasteiger partial charge in [0.25, 0.3) is 0 Å². The van der Waals surface area contributed by atoms with Gasteiger partial charge in [0.15, 0.2) is 0 Å². The number of carbonyl (C=O) groups excluding carboxylic acids is 2. The average Bonchev–Trinajstić information content (AvgIpc) is 2.49. The van der Waals surface area contributed by atoms with Crippen molar-refractivity contribution in [2.45, 2.75) is 90.3 Å². The second kappa shape index (κ2) is 11.4. The Kier molecular flexibility index (Phi) is 10.8. The summed E-state index contributed by atoms with van der Waals surface area (Å²) in [6, 6.07) is 0. The summed E-state index contributed by atoms with van der Waals surface area (Å²) < 4.78 is 0. The van der Waals surface area contributed by atoms with Gasteiger partial charge in [-0.3, -0.25) is 0 Å². The number of hydrogen-bond donors (Lipinski definition) is 2. The lowest BCUT2D eigenvalue weighted by atomic mass is 9.73. The molecule has 0 aromatic carbocycles. The Morgan fingerprint density at radius 1 is 0.913 bits per heavy atom. The van der Waals surface area contributed by atoms with Crippen molar-refractivity contribution in [1.82, 2.24) is 0 Å². The molecule has 0 amide bonds. The molecule has 2 unspecified atom stereocenters. The van der Waals surface area contributed by atoms with Gasteiger partial charge in [-0.15, -0.1) is 0 Å². The van der Waals surface area contributed by atoms with Crippen molar-refractivity contribution in [2.75, 3.05) is 0 Å². The van der Waals surface area contributed by atoms with Crippen LogP contribution in [0.5, 0.6) is 0 Å². The van der Waals surface area contributed by atoms with Gasteiger partial charge >= 0.3 is 0 Å². The van der Waals surface area contributed by atoms with Gasteiger partial charge in [0.1, 0.15) is 0 Å². The molecule has 2 N–H and O–H groups in total. The van der Waals surface area contributed by atoms with Gasteiger partial charge in [-0.1, -0.05) is 33.1 Å². The van der Waals surface area contributed by atoms with E-state index in [9.17, 15) is 30.0 Å². The largest absolute Gasteiger partial charge is 0.550 e. The topological polar surface area (TPSA) is 121 Å². The SMILES string of the molecule is CCC(O)CC(CCCCCCC(=O)[O-])(CC(O)CC)C(=O)[O-]. The molecule has 0 radical (unpaired) electrons. The molecule has 0 aliphatic rings. The summed E-state index contributed by atoms with van der Waals surface area (Å²) in [5, 5.41) is 41.8. The van der Waals surface area contributed by atoms with Crippen LogP contribution in [0.4, 0.5) is 0 Å². The lowest BCUT2D eigenvalue weighted by molar-refractivity contribution is -0.322. The number of aliphatic hydroxyl groups is 2. The summed E-state index contributed by atoms with van der Waals surface area (Å²) in [5.74, 6) is -2.31. The average molecular weight is 330 g/mol. The normalized spacial score (nSPS) is 16.5. The highest BCUT2D eigenvalue weighted by molar-refractivity contribution is 5.72. The van der Waals surface area contributed by atoms with Crippen LogP contribution in [0, 0.1) is 5.41 Å². The standard InChI is InChI=1S/C17H32O6/c1-3-13(18)11-17(16(22)23,12-14(19)4-2)10-8-6-5-7-9-15(20)21/h13-14,18-19H,3-12H2,1-2H3,(H,20,21)(H,22,23)/p-2. The van der Waals surface area contributed by atoms with Crippen molar-refractivity contribution in [3.63, 3.8) is 0 Å². The molecular formula is C17H30O6-2. The highest BCUT2D eigenvalue weighted by Crippen LogP contribution is 2.36. The maximum absolute atomic E-state index is 11.7. The molecule has 0 bridgehead atoms. The molecule has 0 heterocycles. The molecule has 0 saturated carbocycles. The number of carbonyl (C=O) groups is 2. The Labute approximate surface area is 138 Å². The highest BCUT2D eigenvalue weighted by atomic mass is 16.4. The molecule has 0 rings (SSSR count). The second-order valence-corrected chi connectivity index (χ2v) is 6.39. The van der Waals surface area contributed by atoms with Crippen LogP contribution in [0.25, 0.3) is 0 Å². The summed E-state index contributed by atoms with van der Waals surface area (Å²) in [4.78, 5) is 22.1. The Balaban J connectivity index is 4.67. The van der Waals surface area contributed by atoms with Crippen molar-refractivity contribution in [2.24, 2.45) is 5.41 Å². The van der Waals surface area contributed by atoms with Crippen molar-refractivity contribution in [3.05, 3.63) is 0 Å². The Hall–Kier alpha value is -1.14. The molecule has 0 aromatic rings. The number of carboxylic acid groups (broad SMARTS) is 2. The van der Waals surface area contributed by atoms with Crippen LogP contribution in [-0.4, -0.2) is 34.4 Å². The minimum absolute atomic E-state index is 0.00866. The predicted octanol–water partition coefficient (Wildman–Crippen LogP) is 0.135. The van der Waals surface area contributed by atoms with E-state index in [1.54, 1.807) is 13.8 Å². The lowest BCUT2D eigenvalue weighted by Gasteiger charge is -2.38. The van der Waals surface area contributed by atoms with E-state index in [4.69, 9.17) is 0 Å². The number of rotatable bonds is 14. The van der Waals surface area contributed by atoms with E-state index in [0.717, 1.165) is 0 Å². The summed E-state index contributed by atoms with van der Waals surface area (Å²) in [6.07, 6.45) is 2.37. The fraction of sp³-hybridized carbons (Fsp3) is 0.882. The van der Waals surface area contributed by atoms with E-state index in [0.29, 0.717) is 44.9 Å². The minimum atomic E-state index is -1.24. The highest BCUT2D eigenvalue weighted by Gasteiger charge is 2.35. The zero-order valence-corrected chi connectivity index (χ0v) is 14.3. The van der Waals surface area contributed by atoms with E-state index in [2.05, 4.69) is 0 Å². The third-order valence-electron chi connectivity index (χ3n) is 4.41. The maximum atomic E-state index is 11.7. The predicted molar refractivity (Wildman–Crippen MR) is 82.0 cm³/mol. The number of unbranched alkanes of at least 4 members (excludes halogenated alkanes) is 3. The molecule has 6 nitrogen and oxygen atoms in total. The third-order valence-corrected chi connectivity index (χ3v) is 4.41. The molecule has 23 heavy (non-hydrogen) atoms.